The second kappa shape index (κ2) is 12.8. The van der Waals surface area contributed by atoms with Crippen LogP contribution in [0.1, 0.15) is 70.3 Å². The Morgan fingerprint density at radius 1 is 0.739 bits per heavy atom. The van der Waals surface area contributed by atoms with Gasteiger partial charge in [-0.25, -0.2) is 0 Å². The molecule has 0 fully saturated rings. The molecule has 0 unspecified atom stereocenters. The van der Waals surface area contributed by atoms with E-state index < -0.39 is 0 Å². The van der Waals surface area contributed by atoms with Gasteiger partial charge in [-0.15, -0.1) is 0 Å². The van der Waals surface area contributed by atoms with Crippen molar-refractivity contribution >= 4 is 0 Å². The SMILES string of the molecule is CCC/C=C\C/C=C\CCCCCCCc1cc(O)cc(O)c1. The molecule has 0 saturated carbocycles. The van der Waals surface area contributed by atoms with Crippen LogP contribution in [0.2, 0.25) is 0 Å². The van der Waals surface area contributed by atoms with Crippen molar-refractivity contribution in [3.8, 4) is 11.5 Å². The Balaban J connectivity index is 1.96. The molecule has 1 aromatic rings. The number of aromatic hydroxyl groups is 2. The van der Waals surface area contributed by atoms with Gasteiger partial charge in [0.1, 0.15) is 11.5 Å². The van der Waals surface area contributed by atoms with Gasteiger partial charge in [-0.2, -0.15) is 0 Å². The van der Waals surface area contributed by atoms with Crippen molar-refractivity contribution in [2.45, 2.75) is 71.1 Å². The van der Waals surface area contributed by atoms with Crippen LogP contribution in [0.15, 0.2) is 42.5 Å². The number of phenols is 2. The lowest BCUT2D eigenvalue weighted by atomic mass is 10.0. The van der Waals surface area contributed by atoms with E-state index in [1.54, 1.807) is 12.1 Å². The second-order valence-corrected chi connectivity index (χ2v) is 6.13. The Morgan fingerprint density at radius 2 is 1.35 bits per heavy atom. The molecule has 1 aromatic carbocycles. The van der Waals surface area contributed by atoms with E-state index in [-0.39, 0.29) is 11.5 Å². The number of hydrogen-bond donors (Lipinski definition) is 2. The molecule has 0 aliphatic rings. The maximum atomic E-state index is 9.43. The molecule has 128 valence electrons. The first-order chi connectivity index (χ1) is 11.2. The lowest BCUT2D eigenvalue weighted by molar-refractivity contribution is 0.449. The molecule has 0 amide bonds. The average Bonchev–Trinajstić information content (AvgIpc) is 2.51. The maximum absolute atomic E-state index is 9.43. The topological polar surface area (TPSA) is 40.5 Å². The van der Waals surface area contributed by atoms with Crippen LogP contribution >= 0.6 is 0 Å². The highest BCUT2D eigenvalue weighted by atomic mass is 16.3. The third-order valence-corrected chi connectivity index (χ3v) is 3.86. The zero-order chi connectivity index (χ0) is 16.8. The Bertz CT molecular complexity index is 454. The number of rotatable bonds is 12. The molecule has 0 radical (unpaired) electrons. The first-order valence-electron chi connectivity index (χ1n) is 9.04. The first-order valence-corrected chi connectivity index (χ1v) is 9.04. The highest BCUT2D eigenvalue weighted by Crippen LogP contribution is 2.22. The molecule has 0 saturated heterocycles. The summed E-state index contributed by atoms with van der Waals surface area (Å²) in [5.41, 5.74) is 1.02. The third-order valence-electron chi connectivity index (χ3n) is 3.86. The Hall–Kier alpha value is -1.70. The lowest BCUT2D eigenvalue weighted by Gasteiger charge is -2.04. The van der Waals surface area contributed by atoms with Crippen LogP contribution in [-0.2, 0) is 6.42 Å². The molecule has 2 nitrogen and oxygen atoms in total. The van der Waals surface area contributed by atoms with Gasteiger partial charge in [0.05, 0.1) is 0 Å². The largest absolute Gasteiger partial charge is 0.508 e. The van der Waals surface area contributed by atoms with Gasteiger partial charge in [0.15, 0.2) is 0 Å². The predicted octanol–water partition coefficient (Wildman–Crippen LogP) is 6.28. The minimum absolute atomic E-state index is 0.149. The van der Waals surface area contributed by atoms with E-state index in [0.29, 0.717) is 0 Å². The summed E-state index contributed by atoms with van der Waals surface area (Å²) < 4.78 is 0. The summed E-state index contributed by atoms with van der Waals surface area (Å²) in [6.07, 6.45) is 20.8. The summed E-state index contributed by atoms with van der Waals surface area (Å²) >= 11 is 0. The van der Waals surface area contributed by atoms with Crippen LogP contribution < -0.4 is 0 Å². The number of hydrogen-bond acceptors (Lipinski definition) is 2. The molecule has 0 heterocycles. The van der Waals surface area contributed by atoms with E-state index in [9.17, 15) is 10.2 Å². The van der Waals surface area contributed by atoms with Crippen molar-refractivity contribution in [1.29, 1.82) is 0 Å². The summed E-state index contributed by atoms with van der Waals surface area (Å²) in [6, 6.07) is 4.84. The maximum Gasteiger partial charge on any atom is 0.119 e. The van der Waals surface area contributed by atoms with Gasteiger partial charge < -0.3 is 10.2 Å². The van der Waals surface area contributed by atoms with Crippen molar-refractivity contribution < 1.29 is 10.2 Å². The molecule has 0 spiro atoms. The molecule has 2 heteroatoms. The van der Waals surface area contributed by atoms with Crippen LogP contribution in [0.4, 0.5) is 0 Å². The average molecular weight is 316 g/mol. The molecule has 0 aliphatic carbocycles. The standard InChI is InChI=1S/C21H32O2/c1-2-3-4-5-6-7-8-9-10-11-12-13-14-15-19-16-20(22)18-21(23)17-19/h4-5,7-8,16-18,22-23H,2-3,6,9-15H2,1H3/b5-4-,8-7-. The minimum atomic E-state index is 0.149. The van der Waals surface area contributed by atoms with Gasteiger partial charge in [0, 0.05) is 6.07 Å². The molecule has 2 N–H and O–H groups in total. The van der Waals surface area contributed by atoms with Gasteiger partial charge >= 0.3 is 0 Å². The van der Waals surface area contributed by atoms with Gasteiger partial charge in [-0.1, -0.05) is 56.9 Å². The van der Waals surface area contributed by atoms with Crippen LogP contribution in [0.3, 0.4) is 0 Å². The number of allylic oxidation sites excluding steroid dienone is 4. The van der Waals surface area contributed by atoms with E-state index in [0.717, 1.165) is 24.8 Å². The lowest BCUT2D eigenvalue weighted by Crippen LogP contribution is -1.86. The predicted molar refractivity (Wildman–Crippen MR) is 99.0 cm³/mol. The van der Waals surface area contributed by atoms with Crippen molar-refractivity contribution in [2.24, 2.45) is 0 Å². The fourth-order valence-corrected chi connectivity index (χ4v) is 2.60. The molecule has 23 heavy (non-hydrogen) atoms. The number of aryl methyl sites for hydroxylation is 1. The Kier molecular flexibility index (Phi) is 10.8. The van der Waals surface area contributed by atoms with Crippen LogP contribution in [-0.4, -0.2) is 10.2 Å². The van der Waals surface area contributed by atoms with Gasteiger partial charge in [-0.05, 0) is 56.2 Å². The van der Waals surface area contributed by atoms with Crippen molar-refractivity contribution in [1.82, 2.24) is 0 Å². The second-order valence-electron chi connectivity index (χ2n) is 6.13. The van der Waals surface area contributed by atoms with Gasteiger partial charge in [-0.3, -0.25) is 0 Å². The van der Waals surface area contributed by atoms with Gasteiger partial charge in [0.25, 0.3) is 0 Å². The molecular formula is C21H32O2. The molecular weight excluding hydrogens is 284 g/mol. The van der Waals surface area contributed by atoms with Crippen molar-refractivity contribution in [3.63, 3.8) is 0 Å². The number of benzene rings is 1. The summed E-state index contributed by atoms with van der Waals surface area (Å²) in [6.45, 7) is 2.20. The van der Waals surface area contributed by atoms with E-state index in [4.69, 9.17) is 0 Å². The highest BCUT2D eigenvalue weighted by molar-refractivity contribution is 5.36. The van der Waals surface area contributed by atoms with E-state index in [1.807, 2.05) is 0 Å². The van der Waals surface area contributed by atoms with Crippen LogP contribution in [0, 0.1) is 0 Å². The number of phenolic OH excluding ortho intramolecular Hbond substituents is 2. The Morgan fingerprint density at radius 3 is 2.04 bits per heavy atom. The molecule has 0 bridgehead atoms. The van der Waals surface area contributed by atoms with Gasteiger partial charge in [0.2, 0.25) is 0 Å². The molecule has 0 aromatic heterocycles. The van der Waals surface area contributed by atoms with E-state index >= 15 is 0 Å². The summed E-state index contributed by atoms with van der Waals surface area (Å²) in [5, 5.41) is 18.9. The van der Waals surface area contributed by atoms with E-state index in [1.165, 1.54) is 51.0 Å². The fourth-order valence-electron chi connectivity index (χ4n) is 2.60. The fraction of sp³-hybridized carbons (Fsp3) is 0.524. The summed E-state index contributed by atoms with van der Waals surface area (Å²) in [5.74, 6) is 0.299. The molecule has 0 aliphatic heterocycles. The van der Waals surface area contributed by atoms with Crippen molar-refractivity contribution in [3.05, 3.63) is 48.1 Å². The van der Waals surface area contributed by atoms with Crippen LogP contribution in [0.25, 0.3) is 0 Å². The quantitative estimate of drug-likeness (QED) is 0.352. The van der Waals surface area contributed by atoms with E-state index in [2.05, 4.69) is 31.2 Å². The monoisotopic (exact) mass is 316 g/mol. The minimum Gasteiger partial charge on any atom is -0.508 e. The van der Waals surface area contributed by atoms with Crippen molar-refractivity contribution in [2.75, 3.05) is 0 Å². The zero-order valence-corrected chi connectivity index (χ0v) is 14.5. The highest BCUT2D eigenvalue weighted by Gasteiger charge is 1.99. The zero-order valence-electron chi connectivity index (χ0n) is 14.5. The third kappa shape index (κ3) is 10.6. The first kappa shape index (κ1) is 19.3. The normalized spacial score (nSPS) is 11.7. The Labute approximate surface area is 141 Å². The molecule has 0 atom stereocenters. The molecule has 1 rings (SSSR count). The smallest absolute Gasteiger partial charge is 0.119 e. The number of unbranched alkanes of at least 4 members (excludes halogenated alkanes) is 6. The summed E-state index contributed by atoms with van der Waals surface area (Å²) in [7, 11) is 0. The summed E-state index contributed by atoms with van der Waals surface area (Å²) in [4.78, 5) is 0. The van der Waals surface area contributed by atoms with Crippen LogP contribution in [0.5, 0.6) is 11.5 Å².